The van der Waals surface area contributed by atoms with Crippen molar-refractivity contribution >= 4 is 15.9 Å². The number of ether oxygens (including phenoxy) is 2. The van der Waals surface area contributed by atoms with Gasteiger partial charge in [0.05, 0.1) is 31.6 Å². The number of halogens is 1. The van der Waals surface area contributed by atoms with E-state index in [9.17, 15) is 0 Å². The summed E-state index contributed by atoms with van der Waals surface area (Å²) in [6.07, 6.45) is 0. The van der Waals surface area contributed by atoms with Crippen LogP contribution in [0.5, 0.6) is 0 Å². The second-order valence-electron chi connectivity index (χ2n) is 3.30. The number of methoxy groups -OCH3 is 1. The summed E-state index contributed by atoms with van der Waals surface area (Å²) in [5.74, 6) is 0. The molecule has 1 rings (SSSR count). The van der Waals surface area contributed by atoms with Crippen LogP contribution in [0.2, 0.25) is 0 Å². The van der Waals surface area contributed by atoms with Crippen LogP contribution < -0.4 is 5.32 Å². The molecule has 0 aromatic carbocycles. The predicted octanol–water partition coefficient (Wildman–Crippen LogP) is 0.501. The Morgan fingerprint density at radius 3 is 2.75 bits per heavy atom. The molecule has 0 aliphatic rings. The zero-order chi connectivity index (χ0) is 12.0. The van der Waals surface area contributed by atoms with Crippen LogP contribution in [0, 0.1) is 0 Å². The van der Waals surface area contributed by atoms with Gasteiger partial charge in [-0.2, -0.15) is 0 Å². The van der Waals surface area contributed by atoms with E-state index in [0.29, 0.717) is 19.8 Å². The highest BCUT2D eigenvalue weighted by Gasteiger charge is 2.18. The van der Waals surface area contributed by atoms with Gasteiger partial charge in [0.25, 0.3) is 0 Å². The summed E-state index contributed by atoms with van der Waals surface area (Å²) in [4.78, 5) is 0. The van der Waals surface area contributed by atoms with Crippen molar-refractivity contribution in [3.8, 4) is 0 Å². The Morgan fingerprint density at radius 2 is 2.25 bits per heavy atom. The maximum atomic E-state index is 5.48. The van der Waals surface area contributed by atoms with E-state index in [4.69, 9.17) is 9.47 Å². The monoisotopic (exact) mass is 292 g/mol. The summed E-state index contributed by atoms with van der Waals surface area (Å²) < 4.78 is 12.9. The van der Waals surface area contributed by atoms with Crippen molar-refractivity contribution < 1.29 is 9.47 Å². The Balaban J connectivity index is 2.54. The van der Waals surface area contributed by atoms with Crippen molar-refractivity contribution in [2.24, 2.45) is 7.05 Å². The number of rotatable bonds is 7. The lowest BCUT2D eigenvalue weighted by Gasteiger charge is -2.16. The molecular formula is C9H17BrN4O2. The molecule has 0 amide bonds. The first-order chi connectivity index (χ1) is 7.70. The summed E-state index contributed by atoms with van der Waals surface area (Å²) in [6, 6.07) is 0.0613. The van der Waals surface area contributed by atoms with Gasteiger partial charge in [0.2, 0.25) is 0 Å². The molecule has 1 aromatic rings. The summed E-state index contributed by atoms with van der Waals surface area (Å²) >= 11 is 3.37. The second kappa shape index (κ2) is 6.95. The lowest BCUT2D eigenvalue weighted by Crippen LogP contribution is -2.25. The number of aromatic nitrogens is 3. The van der Waals surface area contributed by atoms with Crippen molar-refractivity contribution in [2.75, 3.05) is 34.0 Å². The molecule has 0 aliphatic carbocycles. The minimum Gasteiger partial charge on any atom is -0.382 e. The number of nitrogens with one attached hydrogen (secondary N) is 1. The molecule has 7 heteroatoms. The molecule has 16 heavy (non-hydrogen) atoms. The molecule has 0 aliphatic heterocycles. The van der Waals surface area contributed by atoms with Gasteiger partial charge in [0.1, 0.15) is 0 Å². The molecular weight excluding hydrogens is 276 g/mol. The third kappa shape index (κ3) is 3.51. The van der Waals surface area contributed by atoms with E-state index < -0.39 is 0 Å². The van der Waals surface area contributed by atoms with E-state index in [-0.39, 0.29) is 6.04 Å². The van der Waals surface area contributed by atoms with Gasteiger partial charge in [-0.15, -0.1) is 5.10 Å². The Morgan fingerprint density at radius 1 is 1.50 bits per heavy atom. The molecule has 92 valence electrons. The van der Waals surface area contributed by atoms with E-state index >= 15 is 0 Å². The Bertz CT molecular complexity index is 299. The number of nitrogens with zero attached hydrogens (tertiary/aromatic N) is 3. The van der Waals surface area contributed by atoms with Crippen LogP contribution in [-0.4, -0.2) is 49.0 Å². The Kier molecular flexibility index (Phi) is 5.89. The first kappa shape index (κ1) is 13.6. The summed E-state index contributed by atoms with van der Waals surface area (Å²) in [6.45, 7) is 1.73. The van der Waals surface area contributed by atoms with Crippen LogP contribution in [0.4, 0.5) is 0 Å². The van der Waals surface area contributed by atoms with Crippen molar-refractivity contribution in [1.29, 1.82) is 0 Å². The van der Waals surface area contributed by atoms with E-state index in [1.165, 1.54) is 0 Å². The largest absolute Gasteiger partial charge is 0.382 e. The van der Waals surface area contributed by atoms with Gasteiger partial charge in [-0.3, -0.25) is 0 Å². The van der Waals surface area contributed by atoms with Crippen LogP contribution in [0.1, 0.15) is 11.7 Å². The average molecular weight is 293 g/mol. The lowest BCUT2D eigenvalue weighted by atomic mass is 10.2. The highest BCUT2D eigenvalue weighted by atomic mass is 79.9. The van der Waals surface area contributed by atoms with Crippen molar-refractivity contribution in [2.45, 2.75) is 6.04 Å². The predicted molar refractivity (Wildman–Crippen MR) is 63.2 cm³/mol. The molecule has 1 unspecified atom stereocenters. The van der Waals surface area contributed by atoms with Crippen LogP contribution in [0.25, 0.3) is 0 Å². The topological polar surface area (TPSA) is 61.2 Å². The molecule has 0 fully saturated rings. The van der Waals surface area contributed by atoms with Gasteiger partial charge in [-0.1, -0.05) is 5.21 Å². The lowest BCUT2D eigenvalue weighted by molar-refractivity contribution is 0.0585. The van der Waals surface area contributed by atoms with Gasteiger partial charge >= 0.3 is 0 Å². The van der Waals surface area contributed by atoms with E-state index in [0.717, 1.165) is 10.3 Å². The number of aryl methyl sites for hydroxylation is 1. The van der Waals surface area contributed by atoms with Crippen molar-refractivity contribution in [1.82, 2.24) is 20.3 Å². The molecule has 1 atom stereocenters. The van der Waals surface area contributed by atoms with Crippen molar-refractivity contribution in [3.05, 3.63) is 10.3 Å². The van der Waals surface area contributed by atoms with E-state index in [1.807, 2.05) is 14.1 Å². The van der Waals surface area contributed by atoms with Crippen LogP contribution in [0.3, 0.4) is 0 Å². The standard InChI is InChI=1S/C9H17BrN4O2/c1-11-7(6-16-5-4-15-3)8-9(10)12-13-14(8)2/h7,11H,4-6H2,1-3H3. The number of hydrogen-bond donors (Lipinski definition) is 1. The third-order valence-electron chi connectivity index (χ3n) is 2.22. The fraction of sp³-hybridized carbons (Fsp3) is 0.778. The average Bonchev–Trinajstić information content (AvgIpc) is 2.60. The number of hydrogen-bond acceptors (Lipinski definition) is 5. The molecule has 0 radical (unpaired) electrons. The van der Waals surface area contributed by atoms with E-state index in [2.05, 4.69) is 31.6 Å². The normalized spacial score (nSPS) is 13.0. The zero-order valence-corrected chi connectivity index (χ0v) is 11.3. The van der Waals surface area contributed by atoms with Crippen molar-refractivity contribution in [3.63, 3.8) is 0 Å². The highest BCUT2D eigenvalue weighted by molar-refractivity contribution is 9.10. The smallest absolute Gasteiger partial charge is 0.153 e. The maximum Gasteiger partial charge on any atom is 0.153 e. The minimum atomic E-state index is 0.0613. The maximum absolute atomic E-state index is 5.48. The van der Waals surface area contributed by atoms with Gasteiger partial charge in [0, 0.05) is 14.2 Å². The minimum absolute atomic E-state index is 0.0613. The van der Waals surface area contributed by atoms with E-state index in [1.54, 1.807) is 11.8 Å². The fourth-order valence-corrected chi connectivity index (χ4v) is 1.95. The SMILES string of the molecule is CNC(COCCOC)c1c(Br)nnn1C. The van der Waals surface area contributed by atoms with Crippen LogP contribution in [-0.2, 0) is 16.5 Å². The quantitative estimate of drug-likeness (QED) is 0.742. The summed E-state index contributed by atoms with van der Waals surface area (Å²) in [5, 5.41) is 11.0. The zero-order valence-electron chi connectivity index (χ0n) is 9.73. The van der Waals surface area contributed by atoms with Gasteiger partial charge in [-0.05, 0) is 23.0 Å². The van der Waals surface area contributed by atoms with Gasteiger partial charge in [0.15, 0.2) is 4.60 Å². The first-order valence-electron chi connectivity index (χ1n) is 4.99. The summed E-state index contributed by atoms with van der Waals surface area (Å²) in [5.41, 5.74) is 0.972. The van der Waals surface area contributed by atoms with Gasteiger partial charge in [-0.25, -0.2) is 4.68 Å². The van der Waals surface area contributed by atoms with Crippen LogP contribution in [0.15, 0.2) is 4.60 Å². The molecule has 0 bridgehead atoms. The molecule has 1 heterocycles. The third-order valence-corrected chi connectivity index (χ3v) is 2.79. The van der Waals surface area contributed by atoms with Gasteiger partial charge < -0.3 is 14.8 Å². The highest BCUT2D eigenvalue weighted by Crippen LogP contribution is 2.20. The molecule has 6 nitrogen and oxygen atoms in total. The Labute approximate surface area is 103 Å². The molecule has 1 N–H and O–H groups in total. The second-order valence-corrected chi connectivity index (χ2v) is 4.05. The van der Waals surface area contributed by atoms with Crippen LogP contribution >= 0.6 is 15.9 Å². The Hall–Kier alpha value is -0.500. The number of likely N-dealkylation sites (N-methyl/N-ethyl adjacent to an activating group) is 1. The molecule has 1 aromatic heterocycles. The summed E-state index contributed by atoms with van der Waals surface area (Å²) in [7, 11) is 5.39. The molecule has 0 saturated carbocycles. The molecule has 0 saturated heterocycles. The fourth-order valence-electron chi connectivity index (χ4n) is 1.35. The first-order valence-corrected chi connectivity index (χ1v) is 5.79. The molecule has 0 spiro atoms.